The molecule has 0 aliphatic rings. The zero-order valence-electron chi connectivity index (χ0n) is 14.3. The van der Waals surface area contributed by atoms with Crippen molar-refractivity contribution in [1.29, 1.82) is 0 Å². The molecule has 2 aromatic heterocycles. The maximum atomic E-state index is 11.9. The molecule has 0 unspecified atom stereocenters. The van der Waals surface area contributed by atoms with Crippen molar-refractivity contribution in [3.8, 4) is 0 Å². The molecule has 25 heavy (non-hydrogen) atoms. The number of benzene rings is 1. The standard InChI is InChI=1S/C8H10.C4H5F2N3.C4H7N3.CH4/c1-7-3-5-8(2)6-4-7;5-1-2-9-3-4(6)7-8-9;1-4-3-7(2)6-5-4;/h3-6H,1-2H3;3H,1-2H2;3H,1-2H3;1H4/i;5-1,6-1;;. The molecule has 3 rings (SSSR count). The quantitative estimate of drug-likeness (QED) is 0.710. The molecule has 0 saturated heterocycles. The van der Waals surface area contributed by atoms with Gasteiger partial charge in [0.1, 0.15) is 6.67 Å². The second kappa shape index (κ2) is 11.8. The molecular formula is C17H26F2N6. The van der Waals surface area contributed by atoms with E-state index in [2.05, 4.69) is 58.7 Å². The van der Waals surface area contributed by atoms with Crippen molar-refractivity contribution in [3.63, 3.8) is 0 Å². The van der Waals surface area contributed by atoms with E-state index in [4.69, 9.17) is 0 Å². The van der Waals surface area contributed by atoms with Crippen LogP contribution in [0.25, 0.3) is 0 Å². The molecule has 8 heteroatoms. The van der Waals surface area contributed by atoms with Gasteiger partial charge in [-0.1, -0.05) is 58.3 Å². The Morgan fingerprint density at radius 3 is 1.76 bits per heavy atom. The summed E-state index contributed by atoms with van der Waals surface area (Å²) in [6.45, 7) is 5.62. The van der Waals surface area contributed by atoms with E-state index in [0.29, 0.717) is 0 Å². The van der Waals surface area contributed by atoms with E-state index >= 15 is 0 Å². The third kappa shape index (κ3) is 9.95. The van der Waals surface area contributed by atoms with E-state index in [1.807, 2.05) is 20.2 Å². The first-order chi connectivity index (χ1) is 11.4. The molecule has 0 radical (unpaired) electrons. The first kappa shape index (κ1) is 22.4. The van der Waals surface area contributed by atoms with Crippen LogP contribution in [0.2, 0.25) is 0 Å². The molecule has 0 bridgehead atoms. The summed E-state index contributed by atoms with van der Waals surface area (Å²) in [7, 11) is 1.85. The van der Waals surface area contributed by atoms with E-state index in [1.165, 1.54) is 11.1 Å². The van der Waals surface area contributed by atoms with Gasteiger partial charge in [-0.3, -0.25) is 4.68 Å². The van der Waals surface area contributed by atoms with Gasteiger partial charge in [0.25, 0.3) is 5.95 Å². The van der Waals surface area contributed by atoms with Gasteiger partial charge in [0.05, 0.1) is 18.4 Å². The molecule has 1 aromatic carbocycles. The third-order valence-electron chi connectivity index (χ3n) is 2.76. The van der Waals surface area contributed by atoms with E-state index < -0.39 is 12.6 Å². The largest absolute Gasteiger partial charge is 0.255 e. The number of halogens is 2. The first-order valence-corrected chi connectivity index (χ1v) is 7.38. The van der Waals surface area contributed by atoms with Gasteiger partial charge in [-0.25, -0.2) is 9.07 Å². The second-order valence-electron chi connectivity index (χ2n) is 5.18. The minimum atomic E-state index is -0.677. The van der Waals surface area contributed by atoms with Crippen LogP contribution in [0.5, 0.6) is 0 Å². The van der Waals surface area contributed by atoms with Gasteiger partial charge >= 0.3 is 0 Å². The summed E-state index contributed by atoms with van der Waals surface area (Å²) in [6, 6.07) is 8.48. The van der Waals surface area contributed by atoms with E-state index in [9.17, 15) is 8.78 Å². The van der Waals surface area contributed by atoms with Crippen LogP contribution in [-0.2, 0) is 13.6 Å². The van der Waals surface area contributed by atoms with Crippen molar-refractivity contribution in [2.45, 2.75) is 34.7 Å². The summed E-state index contributed by atoms with van der Waals surface area (Å²) in [6.07, 6.45) is 2.90. The number of aryl methyl sites for hydroxylation is 5. The Labute approximate surface area is 147 Å². The molecule has 6 nitrogen and oxygen atoms in total. The molecule has 0 amide bonds. The summed E-state index contributed by atoms with van der Waals surface area (Å²) in [5.74, 6) is -0.677. The lowest BCUT2D eigenvalue weighted by Crippen LogP contribution is -1.99. The van der Waals surface area contributed by atoms with Crippen LogP contribution in [0.15, 0.2) is 36.7 Å². The topological polar surface area (TPSA) is 61.4 Å². The number of aromatic nitrogens is 6. The average Bonchev–Trinajstić information content (AvgIpc) is 3.12. The highest BCUT2D eigenvalue weighted by molar-refractivity contribution is 5.19. The Balaban J connectivity index is 0.000000341. The lowest BCUT2D eigenvalue weighted by molar-refractivity contribution is 0.422. The van der Waals surface area contributed by atoms with Crippen LogP contribution in [0.4, 0.5) is 8.78 Å². The summed E-state index contributed by atoms with van der Waals surface area (Å²) in [5.41, 5.74) is 3.62. The third-order valence-corrected chi connectivity index (χ3v) is 2.76. The molecule has 3 aromatic rings. The van der Waals surface area contributed by atoms with Crippen molar-refractivity contribution >= 4 is 0 Å². The summed E-state index contributed by atoms with van der Waals surface area (Å²) in [4.78, 5) is 0. The van der Waals surface area contributed by atoms with Crippen molar-refractivity contribution in [2.24, 2.45) is 7.05 Å². The lowest BCUT2D eigenvalue weighted by atomic mass is 10.2. The van der Waals surface area contributed by atoms with Crippen molar-refractivity contribution < 1.29 is 8.78 Å². The molecule has 2 heterocycles. The second-order valence-corrected chi connectivity index (χ2v) is 5.18. The maximum Gasteiger partial charge on any atom is 0.252 e. The average molecular weight is 350 g/mol. The molecule has 138 valence electrons. The maximum absolute atomic E-state index is 11.9. The van der Waals surface area contributed by atoms with Crippen LogP contribution in [-0.4, -0.2) is 36.7 Å². The molecule has 0 N–H and O–H groups in total. The Bertz CT molecular complexity index is 669. The van der Waals surface area contributed by atoms with Crippen molar-refractivity contribution in [2.75, 3.05) is 6.67 Å². The minimum Gasteiger partial charge on any atom is -0.255 e. The highest BCUT2D eigenvalue weighted by Crippen LogP contribution is 1.99. The van der Waals surface area contributed by atoms with Crippen LogP contribution in [0.3, 0.4) is 0 Å². The lowest BCUT2D eigenvalue weighted by Gasteiger charge is -1.90. The molecule has 0 aliphatic carbocycles. The fourth-order valence-electron chi connectivity index (χ4n) is 1.57. The van der Waals surface area contributed by atoms with Gasteiger partial charge in [-0.15, -0.1) is 5.10 Å². The van der Waals surface area contributed by atoms with E-state index in [-0.39, 0.29) is 14.0 Å². The molecule has 0 aliphatic heterocycles. The van der Waals surface area contributed by atoms with Gasteiger partial charge in [-0.05, 0) is 20.8 Å². The van der Waals surface area contributed by atoms with Gasteiger partial charge in [0.2, 0.25) is 0 Å². The van der Waals surface area contributed by atoms with Gasteiger partial charge < -0.3 is 0 Å². The Kier molecular flexibility index (Phi) is 10.6. The zero-order valence-corrected chi connectivity index (χ0v) is 14.3. The highest BCUT2D eigenvalue weighted by Gasteiger charge is 1.95. The minimum absolute atomic E-state index is 0. The van der Waals surface area contributed by atoms with Crippen LogP contribution in [0.1, 0.15) is 24.2 Å². The van der Waals surface area contributed by atoms with Crippen molar-refractivity contribution in [1.82, 2.24) is 30.0 Å². The summed E-state index contributed by atoms with van der Waals surface area (Å²) < 4.78 is 26.2. The molecular weight excluding hydrogens is 324 g/mol. The van der Waals surface area contributed by atoms with Crippen LogP contribution >= 0.6 is 0 Å². The fraction of sp³-hybridized carbons (Fsp3) is 0.412. The molecule has 0 atom stereocenters. The summed E-state index contributed by atoms with van der Waals surface area (Å²) >= 11 is 0. The van der Waals surface area contributed by atoms with Crippen LogP contribution < -0.4 is 0 Å². The summed E-state index contributed by atoms with van der Waals surface area (Å²) in [5, 5.41) is 13.7. The van der Waals surface area contributed by atoms with Gasteiger partial charge in [0, 0.05) is 13.2 Å². The molecule has 0 spiro atoms. The normalized spacial score (nSPS) is 9.20. The van der Waals surface area contributed by atoms with Gasteiger partial charge in [0.15, 0.2) is 0 Å². The predicted octanol–water partition coefficient (Wildman–Crippen LogP) is 3.45. The number of nitrogens with zero attached hydrogens (tertiary/aromatic N) is 6. The van der Waals surface area contributed by atoms with Crippen molar-refractivity contribution in [3.05, 3.63) is 59.4 Å². The smallest absolute Gasteiger partial charge is 0.252 e. The highest BCUT2D eigenvalue weighted by atomic mass is 18.2. The fourth-order valence-corrected chi connectivity index (χ4v) is 1.57. The first-order valence-electron chi connectivity index (χ1n) is 7.38. The predicted molar refractivity (Wildman–Crippen MR) is 94.3 cm³/mol. The van der Waals surface area contributed by atoms with E-state index in [1.54, 1.807) is 4.68 Å². The zero-order chi connectivity index (χ0) is 17.9. The Morgan fingerprint density at radius 1 is 0.920 bits per heavy atom. The van der Waals surface area contributed by atoms with Gasteiger partial charge in [-0.2, -0.15) is 4.39 Å². The number of alkyl halides is 1. The SMILES string of the molecule is C.Cc1ccc(C)cc1.Cc1cn(C)nn1.[18F]CCn1cc([18F])nn1. The number of hydrogen-bond acceptors (Lipinski definition) is 4. The molecule has 0 fully saturated rings. The molecule has 0 saturated carbocycles. The monoisotopic (exact) mass is 350 g/mol. The van der Waals surface area contributed by atoms with Crippen LogP contribution in [0, 0.1) is 26.7 Å². The number of hydrogen-bond donors (Lipinski definition) is 0. The number of rotatable bonds is 2. The Morgan fingerprint density at radius 2 is 1.48 bits per heavy atom. The van der Waals surface area contributed by atoms with E-state index in [0.717, 1.165) is 16.6 Å². The Hall–Kier alpha value is -2.64.